The van der Waals surface area contributed by atoms with Crippen LogP contribution in [0.3, 0.4) is 0 Å². The van der Waals surface area contributed by atoms with Gasteiger partial charge in [-0.3, -0.25) is 0 Å². The van der Waals surface area contributed by atoms with E-state index in [0.29, 0.717) is 6.04 Å². The molecule has 0 aliphatic carbocycles. The van der Waals surface area contributed by atoms with E-state index >= 15 is 0 Å². The van der Waals surface area contributed by atoms with E-state index in [1.54, 1.807) is 0 Å². The molecule has 2 heteroatoms. The monoisotopic (exact) mass is 274 g/mol. The van der Waals surface area contributed by atoms with E-state index in [0.717, 1.165) is 18.4 Å². The Hall–Kier alpha value is -0.860. The lowest BCUT2D eigenvalue weighted by atomic mass is 10.0. The van der Waals surface area contributed by atoms with Crippen LogP contribution in [0.5, 0.6) is 0 Å². The van der Waals surface area contributed by atoms with Gasteiger partial charge >= 0.3 is 0 Å². The molecule has 0 spiro atoms. The largest absolute Gasteiger partial charge is 0.310 e. The minimum Gasteiger partial charge on any atom is -0.310 e. The molecule has 1 N–H and O–H groups in total. The van der Waals surface area contributed by atoms with Gasteiger partial charge in [-0.2, -0.15) is 0 Å². The van der Waals surface area contributed by atoms with Crippen molar-refractivity contribution in [1.82, 2.24) is 10.2 Å². The normalized spacial score (nSPS) is 24.9. The fourth-order valence-electron chi connectivity index (χ4n) is 3.13. The van der Waals surface area contributed by atoms with Crippen LogP contribution in [-0.4, -0.2) is 31.1 Å². The molecule has 0 radical (unpaired) electrons. The topological polar surface area (TPSA) is 15.3 Å². The molecule has 1 aromatic carbocycles. The molecule has 3 atom stereocenters. The van der Waals surface area contributed by atoms with Crippen LogP contribution in [0.2, 0.25) is 0 Å². The standard InChI is InChI=1S/C18H30N2/c1-4-11-19-18(17-8-6-5-7-9-17)10-12-20-13-15(2)16(3)14-20/h5-9,15-16,18-19H,4,10-14H2,1-3H3. The van der Waals surface area contributed by atoms with Crippen LogP contribution in [0.15, 0.2) is 30.3 Å². The Bertz CT molecular complexity index is 366. The smallest absolute Gasteiger partial charge is 0.0332 e. The quantitative estimate of drug-likeness (QED) is 0.815. The van der Waals surface area contributed by atoms with Crippen LogP contribution in [0.1, 0.15) is 45.2 Å². The van der Waals surface area contributed by atoms with Gasteiger partial charge in [-0.15, -0.1) is 0 Å². The second-order valence-corrected chi connectivity index (χ2v) is 6.42. The summed E-state index contributed by atoms with van der Waals surface area (Å²) in [4.78, 5) is 2.64. The molecule has 1 aliphatic heterocycles. The molecule has 112 valence electrons. The average Bonchev–Trinajstić information content (AvgIpc) is 2.79. The van der Waals surface area contributed by atoms with Crippen molar-refractivity contribution in [3.8, 4) is 0 Å². The van der Waals surface area contributed by atoms with Crippen LogP contribution in [0.25, 0.3) is 0 Å². The fourth-order valence-corrected chi connectivity index (χ4v) is 3.13. The van der Waals surface area contributed by atoms with Crippen molar-refractivity contribution in [2.45, 2.75) is 39.7 Å². The van der Waals surface area contributed by atoms with Gasteiger partial charge in [-0.25, -0.2) is 0 Å². The molecule has 1 saturated heterocycles. The lowest BCUT2D eigenvalue weighted by Crippen LogP contribution is -2.29. The van der Waals surface area contributed by atoms with Crippen molar-refractivity contribution in [2.24, 2.45) is 11.8 Å². The highest BCUT2D eigenvalue weighted by molar-refractivity contribution is 5.18. The highest BCUT2D eigenvalue weighted by Crippen LogP contribution is 2.24. The van der Waals surface area contributed by atoms with E-state index < -0.39 is 0 Å². The minimum absolute atomic E-state index is 0.502. The number of hydrogen-bond acceptors (Lipinski definition) is 2. The summed E-state index contributed by atoms with van der Waals surface area (Å²) in [6, 6.07) is 11.4. The molecule has 0 saturated carbocycles. The van der Waals surface area contributed by atoms with Crippen molar-refractivity contribution in [1.29, 1.82) is 0 Å². The number of benzene rings is 1. The van der Waals surface area contributed by atoms with E-state index in [2.05, 4.69) is 61.3 Å². The third kappa shape index (κ3) is 4.32. The summed E-state index contributed by atoms with van der Waals surface area (Å²) in [6.45, 7) is 11.9. The number of nitrogens with one attached hydrogen (secondary N) is 1. The maximum absolute atomic E-state index is 3.71. The first-order chi connectivity index (χ1) is 9.70. The van der Waals surface area contributed by atoms with Crippen molar-refractivity contribution >= 4 is 0 Å². The van der Waals surface area contributed by atoms with Crippen LogP contribution in [0, 0.1) is 11.8 Å². The predicted octanol–water partition coefficient (Wildman–Crippen LogP) is 3.71. The lowest BCUT2D eigenvalue weighted by molar-refractivity contribution is 0.298. The Morgan fingerprint density at radius 2 is 1.80 bits per heavy atom. The second-order valence-electron chi connectivity index (χ2n) is 6.42. The maximum Gasteiger partial charge on any atom is 0.0332 e. The molecule has 2 rings (SSSR count). The van der Waals surface area contributed by atoms with Gasteiger partial charge in [0.15, 0.2) is 0 Å². The Labute approximate surface area is 124 Å². The molecular formula is C18H30N2. The highest BCUT2D eigenvalue weighted by atomic mass is 15.2. The van der Waals surface area contributed by atoms with Gasteiger partial charge in [0, 0.05) is 19.1 Å². The summed E-state index contributed by atoms with van der Waals surface area (Å²) < 4.78 is 0. The van der Waals surface area contributed by atoms with Crippen molar-refractivity contribution in [3.63, 3.8) is 0 Å². The molecule has 1 heterocycles. The molecule has 0 aromatic heterocycles. The molecule has 1 aromatic rings. The summed E-state index contributed by atoms with van der Waals surface area (Å²) in [7, 11) is 0. The van der Waals surface area contributed by atoms with Crippen molar-refractivity contribution in [3.05, 3.63) is 35.9 Å². The third-order valence-corrected chi connectivity index (χ3v) is 4.64. The number of likely N-dealkylation sites (tertiary alicyclic amines) is 1. The van der Waals surface area contributed by atoms with E-state index in [1.807, 2.05) is 0 Å². The van der Waals surface area contributed by atoms with Gasteiger partial charge in [0.1, 0.15) is 0 Å². The van der Waals surface area contributed by atoms with Crippen LogP contribution in [-0.2, 0) is 0 Å². The van der Waals surface area contributed by atoms with Crippen LogP contribution < -0.4 is 5.32 Å². The van der Waals surface area contributed by atoms with Gasteiger partial charge in [0.05, 0.1) is 0 Å². The zero-order valence-corrected chi connectivity index (χ0v) is 13.3. The Morgan fingerprint density at radius 1 is 1.15 bits per heavy atom. The van der Waals surface area contributed by atoms with E-state index in [-0.39, 0.29) is 0 Å². The minimum atomic E-state index is 0.502. The second kappa shape index (κ2) is 7.80. The van der Waals surface area contributed by atoms with Gasteiger partial charge in [0.2, 0.25) is 0 Å². The first-order valence-electron chi connectivity index (χ1n) is 8.21. The molecular weight excluding hydrogens is 244 g/mol. The Balaban J connectivity index is 1.88. The zero-order chi connectivity index (χ0) is 14.4. The highest BCUT2D eigenvalue weighted by Gasteiger charge is 2.26. The molecule has 0 amide bonds. The number of rotatable bonds is 7. The van der Waals surface area contributed by atoms with Gasteiger partial charge in [-0.05, 0) is 43.3 Å². The zero-order valence-electron chi connectivity index (χ0n) is 13.3. The molecule has 2 nitrogen and oxygen atoms in total. The summed E-state index contributed by atoms with van der Waals surface area (Å²) in [5, 5.41) is 3.71. The summed E-state index contributed by atoms with van der Waals surface area (Å²) in [6.07, 6.45) is 2.41. The van der Waals surface area contributed by atoms with E-state index in [9.17, 15) is 0 Å². The summed E-state index contributed by atoms with van der Waals surface area (Å²) in [5.74, 6) is 1.71. The summed E-state index contributed by atoms with van der Waals surface area (Å²) in [5.41, 5.74) is 1.43. The lowest BCUT2D eigenvalue weighted by Gasteiger charge is -2.23. The Morgan fingerprint density at radius 3 is 2.40 bits per heavy atom. The van der Waals surface area contributed by atoms with Crippen LogP contribution >= 0.6 is 0 Å². The Kier molecular flexibility index (Phi) is 6.06. The number of hydrogen-bond donors (Lipinski definition) is 1. The first-order valence-corrected chi connectivity index (χ1v) is 8.21. The van der Waals surface area contributed by atoms with E-state index in [4.69, 9.17) is 0 Å². The van der Waals surface area contributed by atoms with E-state index in [1.165, 1.54) is 38.0 Å². The summed E-state index contributed by atoms with van der Waals surface area (Å²) >= 11 is 0. The molecule has 1 fully saturated rings. The van der Waals surface area contributed by atoms with Gasteiger partial charge < -0.3 is 10.2 Å². The molecule has 0 bridgehead atoms. The molecule has 20 heavy (non-hydrogen) atoms. The van der Waals surface area contributed by atoms with Gasteiger partial charge in [-0.1, -0.05) is 51.1 Å². The number of nitrogens with zero attached hydrogens (tertiary/aromatic N) is 1. The maximum atomic E-state index is 3.71. The predicted molar refractivity (Wildman–Crippen MR) is 86.9 cm³/mol. The van der Waals surface area contributed by atoms with Crippen LogP contribution in [0.4, 0.5) is 0 Å². The third-order valence-electron chi connectivity index (χ3n) is 4.64. The fraction of sp³-hybridized carbons (Fsp3) is 0.667. The van der Waals surface area contributed by atoms with Crippen molar-refractivity contribution < 1.29 is 0 Å². The van der Waals surface area contributed by atoms with Gasteiger partial charge in [0.25, 0.3) is 0 Å². The van der Waals surface area contributed by atoms with Crippen molar-refractivity contribution in [2.75, 3.05) is 26.2 Å². The molecule has 1 aliphatic rings. The first kappa shape index (κ1) is 15.5. The average molecular weight is 274 g/mol. The SMILES string of the molecule is CCCNC(CCN1CC(C)C(C)C1)c1ccccc1. The molecule has 3 unspecified atom stereocenters.